The second-order valence-corrected chi connectivity index (χ2v) is 7.53. The number of halogens is 1. The molecule has 0 saturated heterocycles. The zero-order chi connectivity index (χ0) is 19.5. The molecule has 0 aliphatic carbocycles. The molecule has 28 heavy (non-hydrogen) atoms. The average Bonchev–Trinajstić information content (AvgIpc) is 3.06. The predicted octanol–water partition coefficient (Wildman–Crippen LogP) is 2.77. The average molecular weight is 414 g/mol. The van der Waals surface area contributed by atoms with Crippen LogP contribution in [0, 0.1) is 0 Å². The number of aromatic amines is 1. The number of thioether (sulfide) groups is 1. The van der Waals surface area contributed by atoms with Gasteiger partial charge in [-0.25, -0.2) is 14.9 Å². The number of aryl methyl sites for hydroxylation is 1. The van der Waals surface area contributed by atoms with Crippen LogP contribution in [-0.2, 0) is 18.7 Å². The van der Waals surface area contributed by atoms with Crippen molar-refractivity contribution >= 4 is 29.0 Å². The summed E-state index contributed by atoms with van der Waals surface area (Å²) in [5.74, 6) is 0.421. The van der Waals surface area contributed by atoms with Crippen LogP contribution in [-0.4, -0.2) is 24.1 Å². The first-order valence-corrected chi connectivity index (χ1v) is 9.96. The maximum atomic E-state index is 12.3. The summed E-state index contributed by atoms with van der Waals surface area (Å²) in [6, 6.07) is 14.8. The van der Waals surface area contributed by atoms with E-state index < -0.39 is 0 Å². The van der Waals surface area contributed by atoms with E-state index in [2.05, 4.69) is 15.2 Å². The van der Waals surface area contributed by atoms with Gasteiger partial charge in [0.05, 0.1) is 10.7 Å². The fourth-order valence-corrected chi connectivity index (χ4v) is 3.86. The van der Waals surface area contributed by atoms with Gasteiger partial charge >= 0.3 is 5.69 Å². The van der Waals surface area contributed by atoms with E-state index in [0.717, 1.165) is 12.0 Å². The number of nitrogens with zero attached hydrogens (tertiary/aromatic N) is 4. The normalized spacial score (nSPS) is 11.2. The molecule has 7 nitrogen and oxygen atoms in total. The highest BCUT2D eigenvalue weighted by Crippen LogP contribution is 2.19. The van der Waals surface area contributed by atoms with Crippen LogP contribution in [0.3, 0.4) is 0 Å². The molecule has 0 radical (unpaired) electrons. The van der Waals surface area contributed by atoms with Gasteiger partial charge < -0.3 is 0 Å². The second-order valence-electron chi connectivity index (χ2n) is 6.15. The van der Waals surface area contributed by atoms with Crippen LogP contribution in [0.25, 0.3) is 5.65 Å². The van der Waals surface area contributed by atoms with Crippen molar-refractivity contribution in [2.24, 2.45) is 0 Å². The van der Waals surface area contributed by atoms with E-state index in [1.165, 1.54) is 28.4 Å². The summed E-state index contributed by atoms with van der Waals surface area (Å²) in [5, 5.41) is 7.63. The summed E-state index contributed by atoms with van der Waals surface area (Å²) in [7, 11) is 0. The van der Waals surface area contributed by atoms with E-state index >= 15 is 0 Å². The Morgan fingerprint density at radius 1 is 1.11 bits per heavy atom. The second kappa shape index (κ2) is 8.04. The molecule has 0 spiro atoms. The number of H-pyrrole nitrogens is 1. The molecule has 3 heterocycles. The number of hydrogen-bond donors (Lipinski definition) is 1. The van der Waals surface area contributed by atoms with E-state index in [9.17, 15) is 9.59 Å². The maximum absolute atomic E-state index is 12.3. The fourth-order valence-electron chi connectivity index (χ4n) is 2.83. The van der Waals surface area contributed by atoms with Crippen LogP contribution in [0.2, 0.25) is 5.02 Å². The van der Waals surface area contributed by atoms with Gasteiger partial charge in [0.1, 0.15) is 5.65 Å². The lowest BCUT2D eigenvalue weighted by Gasteiger charge is -2.06. The lowest BCUT2D eigenvalue weighted by atomic mass is 10.1. The van der Waals surface area contributed by atoms with Crippen LogP contribution in [0.4, 0.5) is 0 Å². The molecule has 4 rings (SSSR count). The quantitative estimate of drug-likeness (QED) is 0.491. The molecular formula is C19H16ClN5O2S. The van der Waals surface area contributed by atoms with Crippen molar-refractivity contribution in [1.29, 1.82) is 0 Å². The minimum absolute atomic E-state index is 0.202. The predicted molar refractivity (Wildman–Crippen MR) is 109 cm³/mol. The molecule has 1 aromatic carbocycles. The molecule has 0 atom stereocenters. The molecule has 4 aromatic rings. The number of pyridine rings is 1. The van der Waals surface area contributed by atoms with E-state index in [-0.39, 0.29) is 11.2 Å². The fraction of sp³-hybridized carbons (Fsp3) is 0.158. The Kier molecular flexibility index (Phi) is 5.31. The number of hydrogen-bond acceptors (Lipinski definition) is 5. The van der Waals surface area contributed by atoms with Gasteiger partial charge in [-0.15, -0.1) is 5.10 Å². The lowest BCUT2D eigenvalue weighted by molar-refractivity contribution is 0.616. The maximum Gasteiger partial charge on any atom is 0.343 e. The number of nitrogens with one attached hydrogen (secondary N) is 1. The van der Waals surface area contributed by atoms with Crippen LogP contribution < -0.4 is 11.2 Å². The minimum atomic E-state index is -0.250. The topological polar surface area (TPSA) is 85.1 Å². The molecule has 3 aromatic heterocycles. The van der Waals surface area contributed by atoms with Gasteiger partial charge in [0.15, 0.2) is 5.16 Å². The summed E-state index contributed by atoms with van der Waals surface area (Å²) in [5.41, 5.74) is 1.83. The van der Waals surface area contributed by atoms with Crippen molar-refractivity contribution in [1.82, 2.24) is 24.1 Å². The Labute approximate surface area is 169 Å². The van der Waals surface area contributed by atoms with Gasteiger partial charge in [-0.05, 0) is 24.1 Å². The van der Waals surface area contributed by atoms with E-state index in [1.807, 2.05) is 30.3 Å². The Hall–Kier alpha value is -2.84. The third kappa shape index (κ3) is 4.02. The van der Waals surface area contributed by atoms with Crippen molar-refractivity contribution in [3.05, 3.63) is 91.8 Å². The number of fused-ring (bicyclic) bond motifs is 1. The van der Waals surface area contributed by atoms with Gasteiger partial charge in [0.2, 0.25) is 0 Å². The molecule has 142 valence electrons. The smallest absolute Gasteiger partial charge is 0.270 e. The highest BCUT2D eigenvalue weighted by atomic mass is 35.5. The van der Waals surface area contributed by atoms with Crippen molar-refractivity contribution < 1.29 is 0 Å². The van der Waals surface area contributed by atoms with Crippen LogP contribution >= 0.6 is 23.4 Å². The van der Waals surface area contributed by atoms with Crippen molar-refractivity contribution in [2.75, 3.05) is 0 Å². The van der Waals surface area contributed by atoms with Crippen molar-refractivity contribution in [2.45, 2.75) is 23.9 Å². The molecule has 0 saturated carbocycles. The van der Waals surface area contributed by atoms with Crippen molar-refractivity contribution in [3.63, 3.8) is 0 Å². The minimum Gasteiger partial charge on any atom is -0.270 e. The Morgan fingerprint density at radius 3 is 2.75 bits per heavy atom. The summed E-state index contributed by atoms with van der Waals surface area (Å²) >= 11 is 7.29. The van der Waals surface area contributed by atoms with Crippen LogP contribution in [0.15, 0.2) is 69.5 Å². The van der Waals surface area contributed by atoms with E-state index in [0.29, 0.717) is 33.8 Å². The van der Waals surface area contributed by atoms with Gasteiger partial charge in [0, 0.05) is 24.6 Å². The first kappa shape index (κ1) is 18.5. The third-order valence-electron chi connectivity index (χ3n) is 4.22. The standard InChI is InChI=1S/C19H16ClN5O2S/c20-14-6-7-16-21-15(10-17(26)25(16)11-14)12-28-19-23-22-18(27)24(19)9-8-13-4-2-1-3-5-13/h1-7,10-11H,8-9,12H2,(H,22,27). The van der Waals surface area contributed by atoms with Gasteiger partial charge in [0.25, 0.3) is 5.56 Å². The highest BCUT2D eigenvalue weighted by Gasteiger charge is 2.11. The largest absolute Gasteiger partial charge is 0.343 e. The number of aromatic nitrogens is 5. The lowest BCUT2D eigenvalue weighted by Crippen LogP contribution is -2.19. The first-order chi connectivity index (χ1) is 13.6. The summed E-state index contributed by atoms with van der Waals surface area (Å²) in [6.45, 7) is 0.522. The molecule has 0 fully saturated rings. The highest BCUT2D eigenvalue weighted by molar-refractivity contribution is 7.98. The van der Waals surface area contributed by atoms with Crippen LogP contribution in [0.1, 0.15) is 11.3 Å². The van der Waals surface area contributed by atoms with Crippen LogP contribution in [0.5, 0.6) is 0 Å². The Morgan fingerprint density at radius 2 is 1.93 bits per heavy atom. The van der Waals surface area contributed by atoms with Gasteiger partial charge in [-0.1, -0.05) is 53.7 Å². The molecule has 1 N–H and O–H groups in total. The monoisotopic (exact) mass is 413 g/mol. The summed E-state index contributed by atoms with van der Waals surface area (Å²) in [6.07, 6.45) is 2.27. The SMILES string of the molecule is O=c1[nH]nc(SCc2cc(=O)n3cc(Cl)ccc3n2)n1CCc1ccccc1. The van der Waals surface area contributed by atoms with E-state index in [1.54, 1.807) is 16.7 Å². The molecule has 0 aliphatic rings. The number of rotatable bonds is 6. The molecular weight excluding hydrogens is 398 g/mol. The van der Waals surface area contributed by atoms with Gasteiger partial charge in [-0.3, -0.25) is 13.8 Å². The zero-order valence-electron chi connectivity index (χ0n) is 14.7. The molecule has 0 unspecified atom stereocenters. The van der Waals surface area contributed by atoms with E-state index in [4.69, 9.17) is 11.6 Å². The van der Waals surface area contributed by atoms with Gasteiger partial charge in [-0.2, -0.15) is 0 Å². The summed E-state index contributed by atoms with van der Waals surface area (Å²) < 4.78 is 3.01. The Balaban J connectivity index is 1.51. The third-order valence-corrected chi connectivity index (χ3v) is 5.45. The molecule has 0 aliphatic heterocycles. The zero-order valence-corrected chi connectivity index (χ0v) is 16.3. The summed E-state index contributed by atoms with van der Waals surface area (Å²) in [4.78, 5) is 28.8. The van der Waals surface area contributed by atoms with Crippen molar-refractivity contribution in [3.8, 4) is 0 Å². The molecule has 9 heteroatoms. The Bertz CT molecular complexity index is 1230. The first-order valence-electron chi connectivity index (χ1n) is 8.60. The molecule has 0 bridgehead atoms. The number of benzene rings is 1. The molecule has 0 amide bonds.